The van der Waals surface area contributed by atoms with Gasteiger partial charge >= 0.3 is 5.97 Å². The van der Waals surface area contributed by atoms with Crippen LogP contribution >= 0.6 is 11.6 Å². The van der Waals surface area contributed by atoms with Crippen LogP contribution in [0.25, 0.3) is 0 Å². The number of benzene rings is 1. The molecule has 0 unspecified atom stereocenters. The van der Waals surface area contributed by atoms with Crippen LogP contribution in [-0.4, -0.2) is 31.6 Å². The van der Waals surface area contributed by atoms with E-state index in [1.54, 1.807) is 12.1 Å². The maximum absolute atomic E-state index is 11.8. The van der Waals surface area contributed by atoms with Gasteiger partial charge in [-0.3, -0.25) is 4.79 Å². The molecular formula is C14H17ClN2O3. The first-order chi connectivity index (χ1) is 9.60. The summed E-state index contributed by atoms with van der Waals surface area (Å²) in [6.07, 6.45) is 2.72. The van der Waals surface area contributed by atoms with Crippen molar-refractivity contribution >= 4 is 29.2 Å². The van der Waals surface area contributed by atoms with Crippen LogP contribution in [0.4, 0.5) is 5.69 Å². The lowest BCUT2D eigenvalue weighted by molar-refractivity contribution is -0.116. The number of halogens is 1. The van der Waals surface area contributed by atoms with E-state index in [1.807, 2.05) is 0 Å². The van der Waals surface area contributed by atoms with Gasteiger partial charge in [0.1, 0.15) is 0 Å². The van der Waals surface area contributed by atoms with Crippen LogP contribution in [0.15, 0.2) is 18.2 Å². The molecule has 0 saturated heterocycles. The number of methoxy groups -OCH3 is 1. The monoisotopic (exact) mass is 296 g/mol. The Labute approximate surface area is 122 Å². The number of rotatable bonds is 6. The molecule has 1 aromatic carbocycles. The number of nitrogens with one attached hydrogen (secondary N) is 2. The predicted octanol–water partition coefficient (Wildman–Crippen LogP) is 2.21. The first kappa shape index (κ1) is 14.8. The van der Waals surface area contributed by atoms with Gasteiger partial charge in [0, 0.05) is 24.0 Å². The molecular weight excluding hydrogens is 280 g/mol. The predicted molar refractivity (Wildman–Crippen MR) is 77.1 cm³/mol. The van der Waals surface area contributed by atoms with Crippen molar-refractivity contribution in [2.24, 2.45) is 0 Å². The van der Waals surface area contributed by atoms with Gasteiger partial charge in [0.05, 0.1) is 18.4 Å². The van der Waals surface area contributed by atoms with Crippen molar-refractivity contribution in [3.8, 4) is 0 Å². The minimum Gasteiger partial charge on any atom is -0.465 e. The van der Waals surface area contributed by atoms with Crippen LogP contribution in [0.3, 0.4) is 0 Å². The zero-order chi connectivity index (χ0) is 14.5. The van der Waals surface area contributed by atoms with Gasteiger partial charge in [-0.05, 0) is 31.0 Å². The molecule has 2 N–H and O–H groups in total. The minimum atomic E-state index is -0.506. The second-order valence-electron chi connectivity index (χ2n) is 4.71. The average Bonchev–Trinajstić information content (AvgIpc) is 3.22. The third kappa shape index (κ3) is 4.21. The van der Waals surface area contributed by atoms with Gasteiger partial charge in [0.2, 0.25) is 5.91 Å². The van der Waals surface area contributed by atoms with Crippen molar-refractivity contribution in [3.63, 3.8) is 0 Å². The van der Waals surface area contributed by atoms with Gasteiger partial charge in [-0.15, -0.1) is 0 Å². The van der Waals surface area contributed by atoms with E-state index in [4.69, 9.17) is 11.6 Å². The SMILES string of the molecule is COC(=O)c1ccc(Cl)cc1NC(=O)CCNC1CC1. The first-order valence-corrected chi connectivity index (χ1v) is 6.89. The van der Waals surface area contributed by atoms with E-state index < -0.39 is 5.97 Å². The van der Waals surface area contributed by atoms with E-state index in [-0.39, 0.29) is 5.91 Å². The molecule has 0 heterocycles. The van der Waals surface area contributed by atoms with Crippen LogP contribution in [0, 0.1) is 0 Å². The first-order valence-electron chi connectivity index (χ1n) is 6.51. The van der Waals surface area contributed by atoms with Crippen molar-refractivity contribution in [2.45, 2.75) is 25.3 Å². The molecule has 0 aliphatic heterocycles. The van der Waals surface area contributed by atoms with E-state index >= 15 is 0 Å². The molecule has 20 heavy (non-hydrogen) atoms. The van der Waals surface area contributed by atoms with E-state index in [0.717, 1.165) is 0 Å². The van der Waals surface area contributed by atoms with E-state index in [9.17, 15) is 9.59 Å². The fraction of sp³-hybridized carbons (Fsp3) is 0.429. The van der Waals surface area contributed by atoms with Crippen LogP contribution in [0.5, 0.6) is 0 Å². The van der Waals surface area contributed by atoms with Gasteiger partial charge < -0.3 is 15.4 Å². The zero-order valence-electron chi connectivity index (χ0n) is 11.2. The van der Waals surface area contributed by atoms with Gasteiger partial charge in [0.25, 0.3) is 0 Å². The number of carbonyl (C=O) groups excluding carboxylic acids is 2. The normalized spacial score (nSPS) is 13.9. The van der Waals surface area contributed by atoms with Crippen molar-refractivity contribution in [1.82, 2.24) is 5.32 Å². The highest BCUT2D eigenvalue weighted by Crippen LogP contribution is 2.22. The fourth-order valence-corrected chi connectivity index (χ4v) is 1.97. The summed E-state index contributed by atoms with van der Waals surface area (Å²) in [5, 5.41) is 6.40. The maximum atomic E-state index is 11.8. The highest BCUT2D eigenvalue weighted by molar-refractivity contribution is 6.31. The number of hydrogen-bond donors (Lipinski definition) is 2. The lowest BCUT2D eigenvalue weighted by Crippen LogP contribution is -2.23. The molecule has 108 valence electrons. The molecule has 0 radical (unpaired) electrons. The second-order valence-corrected chi connectivity index (χ2v) is 5.14. The summed E-state index contributed by atoms with van der Waals surface area (Å²) in [6, 6.07) is 5.23. The van der Waals surface area contributed by atoms with E-state index in [1.165, 1.54) is 26.0 Å². The number of amides is 1. The number of hydrogen-bond acceptors (Lipinski definition) is 4. The maximum Gasteiger partial charge on any atom is 0.339 e. The van der Waals surface area contributed by atoms with Crippen LogP contribution < -0.4 is 10.6 Å². The molecule has 0 spiro atoms. The van der Waals surface area contributed by atoms with Gasteiger partial charge in [-0.25, -0.2) is 4.79 Å². The molecule has 2 rings (SSSR count). The minimum absolute atomic E-state index is 0.162. The largest absolute Gasteiger partial charge is 0.465 e. The Morgan fingerprint density at radius 2 is 2.15 bits per heavy atom. The quantitative estimate of drug-likeness (QED) is 0.790. The number of esters is 1. The van der Waals surface area contributed by atoms with Gasteiger partial charge in [-0.1, -0.05) is 11.6 Å². The molecule has 0 aromatic heterocycles. The van der Waals surface area contributed by atoms with Gasteiger partial charge in [0.15, 0.2) is 0 Å². The van der Waals surface area contributed by atoms with Gasteiger partial charge in [-0.2, -0.15) is 0 Å². The molecule has 1 amide bonds. The molecule has 1 fully saturated rings. The third-order valence-corrected chi connectivity index (χ3v) is 3.26. The summed E-state index contributed by atoms with van der Waals surface area (Å²) in [5.74, 6) is -0.668. The molecule has 1 aliphatic carbocycles. The summed E-state index contributed by atoms with van der Waals surface area (Å²) < 4.78 is 4.67. The molecule has 0 atom stereocenters. The van der Waals surface area contributed by atoms with Crippen molar-refractivity contribution < 1.29 is 14.3 Å². The molecule has 6 heteroatoms. The summed E-state index contributed by atoms with van der Waals surface area (Å²) in [4.78, 5) is 23.5. The number of carbonyl (C=O) groups is 2. The molecule has 1 aromatic rings. The Hall–Kier alpha value is -1.59. The average molecular weight is 297 g/mol. The lowest BCUT2D eigenvalue weighted by Gasteiger charge is -2.10. The lowest BCUT2D eigenvalue weighted by atomic mass is 10.1. The molecule has 5 nitrogen and oxygen atoms in total. The fourth-order valence-electron chi connectivity index (χ4n) is 1.80. The van der Waals surface area contributed by atoms with E-state index in [2.05, 4.69) is 15.4 Å². The highest BCUT2D eigenvalue weighted by Gasteiger charge is 2.20. The molecule has 1 aliphatic rings. The third-order valence-electron chi connectivity index (χ3n) is 3.02. The van der Waals surface area contributed by atoms with E-state index in [0.29, 0.717) is 35.3 Å². The zero-order valence-corrected chi connectivity index (χ0v) is 12.0. The Bertz CT molecular complexity index is 515. The van der Waals surface area contributed by atoms with Crippen molar-refractivity contribution in [1.29, 1.82) is 0 Å². The number of anilines is 1. The topological polar surface area (TPSA) is 67.4 Å². The standard InChI is InChI=1S/C14H17ClN2O3/c1-20-14(19)11-5-2-9(15)8-12(11)17-13(18)6-7-16-10-3-4-10/h2,5,8,10,16H,3-4,6-7H2,1H3,(H,17,18). The Morgan fingerprint density at radius 3 is 2.80 bits per heavy atom. The summed E-state index contributed by atoms with van der Waals surface area (Å²) in [7, 11) is 1.29. The van der Waals surface area contributed by atoms with Crippen LogP contribution in [0.2, 0.25) is 5.02 Å². The molecule has 0 bridgehead atoms. The van der Waals surface area contributed by atoms with Crippen LogP contribution in [0.1, 0.15) is 29.6 Å². The Morgan fingerprint density at radius 1 is 1.40 bits per heavy atom. The highest BCUT2D eigenvalue weighted by atomic mass is 35.5. The van der Waals surface area contributed by atoms with Crippen molar-refractivity contribution in [2.75, 3.05) is 19.0 Å². The molecule has 1 saturated carbocycles. The number of ether oxygens (including phenoxy) is 1. The Kier molecular flexibility index (Phi) is 4.98. The summed E-state index contributed by atoms with van der Waals surface area (Å²) in [6.45, 7) is 0.630. The van der Waals surface area contributed by atoms with Crippen molar-refractivity contribution in [3.05, 3.63) is 28.8 Å². The Balaban J connectivity index is 1.96. The summed E-state index contributed by atoms with van der Waals surface area (Å²) >= 11 is 5.89. The summed E-state index contributed by atoms with van der Waals surface area (Å²) in [5.41, 5.74) is 0.668. The second kappa shape index (κ2) is 6.72. The van der Waals surface area contributed by atoms with Crippen LogP contribution in [-0.2, 0) is 9.53 Å². The smallest absolute Gasteiger partial charge is 0.339 e.